The van der Waals surface area contributed by atoms with Gasteiger partial charge in [-0.1, -0.05) is 32.1 Å². The van der Waals surface area contributed by atoms with E-state index in [1.165, 1.54) is 51.5 Å². The fourth-order valence-corrected chi connectivity index (χ4v) is 2.35. The second-order valence-electron chi connectivity index (χ2n) is 4.12. The second kappa shape index (κ2) is 10.1. The van der Waals surface area contributed by atoms with E-state index in [4.69, 9.17) is 0 Å². The molecule has 1 rings (SSSR count). The molecule has 0 spiro atoms. The molecule has 14 heavy (non-hydrogen) atoms. The largest absolute Gasteiger partial charge is 0.316 e. The predicted octanol–water partition coefficient (Wildman–Crippen LogP) is 3.29. The molecular weight excluding hydrogens is 214 g/mol. The third-order valence-electron chi connectivity index (χ3n) is 2.98. The van der Waals surface area contributed by atoms with Crippen molar-refractivity contribution >= 4 is 25.0 Å². The molecule has 1 saturated carbocycles. The van der Waals surface area contributed by atoms with Gasteiger partial charge in [0.15, 0.2) is 0 Å². The summed E-state index contributed by atoms with van der Waals surface area (Å²) in [7, 11) is 0. The molecule has 0 unspecified atom stereocenters. The lowest BCUT2D eigenvalue weighted by atomic mass is 9.86. The predicted molar refractivity (Wildman–Crippen MR) is 69.8 cm³/mol. The van der Waals surface area contributed by atoms with Gasteiger partial charge < -0.3 is 5.32 Å². The average molecular weight is 238 g/mol. The second-order valence-corrected chi connectivity index (χ2v) is 4.57. The molecule has 0 atom stereocenters. The molecule has 0 saturated heterocycles. The summed E-state index contributed by atoms with van der Waals surface area (Å²) in [5, 5.41) is 3.40. The summed E-state index contributed by atoms with van der Waals surface area (Å²) in [5.74, 6) is 2.01. The van der Waals surface area contributed by atoms with Gasteiger partial charge in [0.25, 0.3) is 0 Å². The van der Waals surface area contributed by atoms with Gasteiger partial charge >= 0.3 is 0 Å². The minimum Gasteiger partial charge on any atom is -0.316 e. The van der Waals surface area contributed by atoms with Gasteiger partial charge in [-0.2, -0.15) is 12.6 Å². The molecule has 0 radical (unpaired) electrons. The Hall–Kier alpha value is 0.600. The van der Waals surface area contributed by atoms with Gasteiger partial charge in [-0.3, -0.25) is 0 Å². The van der Waals surface area contributed by atoms with Crippen molar-refractivity contribution in [2.24, 2.45) is 5.92 Å². The first kappa shape index (κ1) is 14.6. The summed E-state index contributed by atoms with van der Waals surface area (Å²) >= 11 is 4.16. The Kier molecular flexibility index (Phi) is 10.6. The molecule has 0 aromatic heterocycles. The number of halogens is 1. The average Bonchev–Trinajstić information content (AvgIpc) is 2.19. The van der Waals surface area contributed by atoms with E-state index in [0.717, 1.165) is 18.2 Å². The van der Waals surface area contributed by atoms with Gasteiger partial charge in [-0.05, 0) is 25.3 Å². The van der Waals surface area contributed by atoms with Gasteiger partial charge in [-0.25, -0.2) is 0 Å². The summed E-state index contributed by atoms with van der Waals surface area (Å²) in [6.45, 7) is 2.25. The third kappa shape index (κ3) is 6.97. The van der Waals surface area contributed by atoms with E-state index in [0.29, 0.717) is 0 Å². The number of nitrogens with one attached hydrogen (secondary N) is 1. The smallest absolute Gasteiger partial charge is 0.00397 e. The number of hydrogen-bond acceptors (Lipinski definition) is 2. The van der Waals surface area contributed by atoms with Crippen molar-refractivity contribution in [2.75, 3.05) is 18.8 Å². The van der Waals surface area contributed by atoms with Crippen molar-refractivity contribution in [3.63, 3.8) is 0 Å². The van der Waals surface area contributed by atoms with Crippen LogP contribution < -0.4 is 5.32 Å². The fraction of sp³-hybridized carbons (Fsp3) is 1.00. The SMILES string of the molecule is Cl.SCCNCCCC1CCCCC1. The zero-order valence-electron chi connectivity index (χ0n) is 9.00. The van der Waals surface area contributed by atoms with Crippen LogP contribution in [0.1, 0.15) is 44.9 Å². The van der Waals surface area contributed by atoms with Crippen molar-refractivity contribution in [1.82, 2.24) is 5.32 Å². The van der Waals surface area contributed by atoms with Crippen LogP contribution in [0.5, 0.6) is 0 Å². The molecule has 3 heteroatoms. The molecule has 0 aromatic rings. The highest BCUT2D eigenvalue weighted by Crippen LogP contribution is 2.26. The lowest BCUT2D eigenvalue weighted by Gasteiger charge is -2.21. The van der Waals surface area contributed by atoms with Crippen LogP contribution in [-0.4, -0.2) is 18.8 Å². The van der Waals surface area contributed by atoms with Crippen LogP contribution in [0.15, 0.2) is 0 Å². The molecule has 1 fully saturated rings. The van der Waals surface area contributed by atoms with Gasteiger partial charge in [0.05, 0.1) is 0 Å². The van der Waals surface area contributed by atoms with Crippen molar-refractivity contribution in [3.05, 3.63) is 0 Å². The maximum absolute atomic E-state index is 4.16. The molecule has 0 amide bonds. The normalized spacial score (nSPS) is 17.8. The van der Waals surface area contributed by atoms with Crippen molar-refractivity contribution in [1.29, 1.82) is 0 Å². The Bertz CT molecular complexity index is 116. The first-order valence-electron chi connectivity index (χ1n) is 5.75. The Morgan fingerprint density at radius 3 is 2.43 bits per heavy atom. The number of thiol groups is 1. The van der Waals surface area contributed by atoms with E-state index in [1.54, 1.807) is 0 Å². The Morgan fingerprint density at radius 2 is 1.79 bits per heavy atom. The molecule has 0 aliphatic heterocycles. The summed E-state index contributed by atoms with van der Waals surface area (Å²) < 4.78 is 0. The first-order valence-corrected chi connectivity index (χ1v) is 6.38. The van der Waals surface area contributed by atoms with E-state index in [-0.39, 0.29) is 12.4 Å². The van der Waals surface area contributed by atoms with E-state index >= 15 is 0 Å². The monoisotopic (exact) mass is 237 g/mol. The molecule has 1 aliphatic carbocycles. The minimum absolute atomic E-state index is 0. The minimum atomic E-state index is 0. The van der Waals surface area contributed by atoms with E-state index in [2.05, 4.69) is 17.9 Å². The zero-order chi connectivity index (χ0) is 9.36. The maximum Gasteiger partial charge on any atom is 0.00397 e. The van der Waals surface area contributed by atoms with Gasteiger partial charge in [0.2, 0.25) is 0 Å². The van der Waals surface area contributed by atoms with Gasteiger partial charge in [-0.15, -0.1) is 12.4 Å². The quantitative estimate of drug-likeness (QED) is 0.534. The standard InChI is InChI=1S/C11H23NS.ClH/c13-10-9-12-8-4-7-11-5-2-1-3-6-11;/h11-13H,1-10H2;1H. The highest BCUT2D eigenvalue weighted by Gasteiger charge is 2.12. The maximum atomic E-state index is 4.16. The van der Waals surface area contributed by atoms with Crippen LogP contribution in [0.2, 0.25) is 0 Å². The first-order chi connectivity index (χ1) is 6.43. The number of hydrogen-bond donors (Lipinski definition) is 2. The van der Waals surface area contributed by atoms with Crippen molar-refractivity contribution in [3.8, 4) is 0 Å². The fourth-order valence-electron chi connectivity index (χ4n) is 2.20. The summed E-state index contributed by atoms with van der Waals surface area (Å²) in [6, 6.07) is 0. The Labute approximate surface area is 100 Å². The van der Waals surface area contributed by atoms with E-state index in [9.17, 15) is 0 Å². The molecule has 86 valence electrons. The van der Waals surface area contributed by atoms with E-state index < -0.39 is 0 Å². The van der Waals surface area contributed by atoms with Crippen LogP contribution in [0.4, 0.5) is 0 Å². The highest BCUT2D eigenvalue weighted by atomic mass is 35.5. The topological polar surface area (TPSA) is 12.0 Å². The zero-order valence-corrected chi connectivity index (χ0v) is 10.7. The van der Waals surface area contributed by atoms with Crippen LogP contribution in [0, 0.1) is 5.92 Å². The van der Waals surface area contributed by atoms with E-state index in [1.807, 2.05) is 0 Å². The van der Waals surface area contributed by atoms with Crippen LogP contribution in [0.25, 0.3) is 0 Å². The van der Waals surface area contributed by atoms with Crippen molar-refractivity contribution in [2.45, 2.75) is 44.9 Å². The molecule has 1 nitrogen and oxygen atoms in total. The van der Waals surface area contributed by atoms with Gasteiger partial charge in [0.1, 0.15) is 0 Å². The van der Waals surface area contributed by atoms with Crippen LogP contribution >= 0.6 is 25.0 Å². The lowest BCUT2D eigenvalue weighted by molar-refractivity contribution is 0.331. The highest BCUT2D eigenvalue weighted by molar-refractivity contribution is 7.80. The molecule has 1 aliphatic rings. The Balaban J connectivity index is 0.00000169. The molecule has 0 aromatic carbocycles. The number of rotatable bonds is 6. The molecule has 1 N–H and O–H groups in total. The third-order valence-corrected chi connectivity index (χ3v) is 3.20. The Morgan fingerprint density at radius 1 is 1.07 bits per heavy atom. The molecule has 0 bridgehead atoms. The van der Waals surface area contributed by atoms with Gasteiger partial charge in [0, 0.05) is 12.3 Å². The molecular formula is C11H24ClNS. The molecule has 0 heterocycles. The van der Waals surface area contributed by atoms with Crippen LogP contribution in [-0.2, 0) is 0 Å². The summed E-state index contributed by atoms with van der Waals surface area (Å²) in [4.78, 5) is 0. The summed E-state index contributed by atoms with van der Waals surface area (Å²) in [5.41, 5.74) is 0. The van der Waals surface area contributed by atoms with Crippen LogP contribution in [0.3, 0.4) is 0 Å². The van der Waals surface area contributed by atoms with Crippen molar-refractivity contribution < 1.29 is 0 Å². The summed E-state index contributed by atoms with van der Waals surface area (Å²) in [6.07, 6.45) is 10.2. The lowest BCUT2D eigenvalue weighted by Crippen LogP contribution is -2.18.